The molecule has 0 spiro atoms. The minimum Gasteiger partial charge on any atom is -0.465 e. The molecule has 1 aliphatic heterocycles. The predicted octanol–water partition coefficient (Wildman–Crippen LogP) is 0.106. The van der Waals surface area contributed by atoms with Gasteiger partial charge in [0.2, 0.25) is 0 Å². The van der Waals surface area contributed by atoms with Crippen LogP contribution in [0.2, 0.25) is 0 Å². The van der Waals surface area contributed by atoms with Crippen LogP contribution in [0.25, 0.3) is 0 Å². The fourth-order valence-electron chi connectivity index (χ4n) is 2.24. The Kier molecular flexibility index (Phi) is 6.47. The summed E-state index contributed by atoms with van der Waals surface area (Å²) >= 11 is 0. The number of likely N-dealkylation sites (N-methyl/N-ethyl adjacent to an activating group) is 1. The van der Waals surface area contributed by atoms with E-state index in [0.29, 0.717) is 12.5 Å². The number of rotatable bonds is 7. The highest BCUT2D eigenvalue weighted by molar-refractivity contribution is 5.76. The molecule has 100 valence electrons. The fourth-order valence-corrected chi connectivity index (χ4v) is 2.24. The summed E-state index contributed by atoms with van der Waals surface area (Å²) < 4.78 is 10.2. The first kappa shape index (κ1) is 14.4. The summed E-state index contributed by atoms with van der Waals surface area (Å²) in [7, 11) is 3.53. The molecule has 0 saturated carbocycles. The maximum Gasteiger partial charge on any atom is 0.324 e. The molecule has 5 nitrogen and oxygen atoms in total. The number of nitrogens with zero attached hydrogens (tertiary/aromatic N) is 1. The number of ether oxygens (including phenoxy) is 2. The number of methoxy groups -OCH3 is 1. The quantitative estimate of drug-likeness (QED) is 0.644. The number of carbonyl (C=O) groups is 1. The van der Waals surface area contributed by atoms with E-state index in [9.17, 15) is 4.79 Å². The van der Waals surface area contributed by atoms with Crippen LogP contribution in [0.3, 0.4) is 0 Å². The van der Waals surface area contributed by atoms with Gasteiger partial charge in [0.05, 0.1) is 13.2 Å². The van der Waals surface area contributed by atoms with Gasteiger partial charge in [-0.3, -0.25) is 4.79 Å². The molecule has 1 heterocycles. The van der Waals surface area contributed by atoms with E-state index in [1.54, 1.807) is 14.2 Å². The zero-order chi connectivity index (χ0) is 12.7. The third kappa shape index (κ3) is 4.61. The van der Waals surface area contributed by atoms with Crippen molar-refractivity contribution in [2.24, 2.45) is 5.92 Å². The first-order valence-electron chi connectivity index (χ1n) is 6.26. The average molecular weight is 244 g/mol. The van der Waals surface area contributed by atoms with Crippen LogP contribution in [0.15, 0.2) is 0 Å². The van der Waals surface area contributed by atoms with Gasteiger partial charge in [-0.2, -0.15) is 0 Å². The lowest BCUT2D eigenvalue weighted by atomic mass is 10.1. The summed E-state index contributed by atoms with van der Waals surface area (Å²) in [6.45, 7) is 5.82. The van der Waals surface area contributed by atoms with Crippen molar-refractivity contribution in [1.29, 1.82) is 0 Å². The third-order valence-electron chi connectivity index (χ3n) is 3.13. The van der Waals surface area contributed by atoms with Crippen molar-refractivity contribution in [2.45, 2.75) is 19.4 Å². The minimum atomic E-state index is -0.226. The summed E-state index contributed by atoms with van der Waals surface area (Å²) in [5.74, 6) is 0.435. The molecule has 5 heteroatoms. The van der Waals surface area contributed by atoms with Gasteiger partial charge >= 0.3 is 5.97 Å². The van der Waals surface area contributed by atoms with Crippen LogP contribution >= 0.6 is 0 Å². The molecular formula is C12H24N2O3. The summed E-state index contributed by atoms with van der Waals surface area (Å²) in [5.41, 5.74) is 0. The monoisotopic (exact) mass is 244 g/mol. The summed E-state index contributed by atoms with van der Waals surface area (Å²) in [6.07, 6.45) is 1.15. The second-order valence-electron chi connectivity index (χ2n) is 4.46. The molecule has 17 heavy (non-hydrogen) atoms. The zero-order valence-corrected chi connectivity index (χ0v) is 11.1. The number of nitrogens with one attached hydrogen (secondary N) is 1. The Morgan fingerprint density at radius 3 is 2.94 bits per heavy atom. The van der Waals surface area contributed by atoms with Crippen LogP contribution in [0.1, 0.15) is 13.3 Å². The molecule has 2 atom stereocenters. The van der Waals surface area contributed by atoms with Gasteiger partial charge in [-0.25, -0.2) is 0 Å². The van der Waals surface area contributed by atoms with Gasteiger partial charge < -0.3 is 19.7 Å². The smallest absolute Gasteiger partial charge is 0.324 e. The van der Waals surface area contributed by atoms with E-state index in [4.69, 9.17) is 9.47 Å². The molecule has 1 aliphatic rings. The lowest BCUT2D eigenvalue weighted by molar-refractivity contribution is -0.146. The average Bonchev–Trinajstić information content (AvgIpc) is 2.74. The maximum atomic E-state index is 11.6. The Bertz CT molecular complexity index is 236. The molecule has 1 saturated heterocycles. The van der Waals surface area contributed by atoms with Gasteiger partial charge in [-0.05, 0) is 32.9 Å². The van der Waals surface area contributed by atoms with Gasteiger partial charge in [0.25, 0.3) is 0 Å². The summed E-state index contributed by atoms with van der Waals surface area (Å²) in [6, 6.07) is -0.226. The van der Waals surface area contributed by atoms with Crippen molar-refractivity contribution in [3.63, 3.8) is 0 Å². The number of carbonyl (C=O) groups excluding carboxylic acids is 1. The van der Waals surface area contributed by atoms with Crippen LogP contribution in [0.4, 0.5) is 0 Å². The second-order valence-corrected chi connectivity index (χ2v) is 4.46. The van der Waals surface area contributed by atoms with E-state index in [2.05, 4.69) is 10.2 Å². The van der Waals surface area contributed by atoms with Crippen molar-refractivity contribution < 1.29 is 14.3 Å². The molecule has 0 aliphatic carbocycles. The van der Waals surface area contributed by atoms with E-state index in [1.807, 2.05) is 6.92 Å². The Balaban J connectivity index is 2.34. The van der Waals surface area contributed by atoms with Crippen LogP contribution in [-0.4, -0.2) is 63.9 Å². The first-order chi connectivity index (χ1) is 8.21. The second kappa shape index (κ2) is 7.63. The molecule has 0 radical (unpaired) electrons. The van der Waals surface area contributed by atoms with Crippen molar-refractivity contribution in [3.05, 3.63) is 0 Å². The molecule has 1 fully saturated rings. The van der Waals surface area contributed by atoms with Gasteiger partial charge in [0, 0.05) is 20.2 Å². The molecule has 0 aromatic carbocycles. The summed E-state index contributed by atoms with van der Waals surface area (Å²) in [4.78, 5) is 13.9. The predicted molar refractivity (Wildman–Crippen MR) is 65.9 cm³/mol. The highest BCUT2D eigenvalue weighted by atomic mass is 16.5. The largest absolute Gasteiger partial charge is 0.465 e. The van der Waals surface area contributed by atoms with Crippen molar-refractivity contribution in [2.75, 3.05) is 47.0 Å². The molecule has 0 aromatic heterocycles. The Labute approximate surface area is 103 Å². The molecule has 0 aromatic rings. The Morgan fingerprint density at radius 1 is 1.59 bits per heavy atom. The van der Waals surface area contributed by atoms with Crippen LogP contribution < -0.4 is 5.32 Å². The molecule has 1 N–H and O–H groups in total. The van der Waals surface area contributed by atoms with Crippen LogP contribution in [0.5, 0.6) is 0 Å². The molecule has 2 unspecified atom stereocenters. The molecule has 0 bridgehead atoms. The van der Waals surface area contributed by atoms with E-state index in [0.717, 1.165) is 32.7 Å². The summed E-state index contributed by atoms with van der Waals surface area (Å²) in [5, 5.41) is 3.01. The SMILES string of the molecule is CCOC(=O)C(CN1CCC(COC)C1)NC. The van der Waals surface area contributed by atoms with E-state index >= 15 is 0 Å². The van der Waals surface area contributed by atoms with E-state index < -0.39 is 0 Å². The minimum absolute atomic E-state index is 0.162. The van der Waals surface area contributed by atoms with Gasteiger partial charge in [-0.15, -0.1) is 0 Å². The van der Waals surface area contributed by atoms with Crippen LogP contribution in [-0.2, 0) is 14.3 Å². The number of esters is 1. The van der Waals surface area contributed by atoms with E-state index in [-0.39, 0.29) is 12.0 Å². The molecule has 0 amide bonds. The number of likely N-dealkylation sites (tertiary alicyclic amines) is 1. The molecule has 1 rings (SSSR count). The number of hydrogen-bond acceptors (Lipinski definition) is 5. The standard InChI is InChI=1S/C12H24N2O3/c1-4-17-12(15)11(13-2)8-14-6-5-10(7-14)9-16-3/h10-11,13H,4-9H2,1-3H3. The fraction of sp³-hybridized carbons (Fsp3) is 0.917. The molecular weight excluding hydrogens is 220 g/mol. The van der Waals surface area contributed by atoms with Gasteiger partial charge in [-0.1, -0.05) is 0 Å². The highest BCUT2D eigenvalue weighted by Crippen LogP contribution is 2.16. The van der Waals surface area contributed by atoms with Gasteiger partial charge in [0.15, 0.2) is 0 Å². The van der Waals surface area contributed by atoms with Crippen LogP contribution in [0, 0.1) is 5.92 Å². The number of hydrogen-bond donors (Lipinski definition) is 1. The normalized spacial score (nSPS) is 22.6. The third-order valence-corrected chi connectivity index (χ3v) is 3.13. The lowest BCUT2D eigenvalue weighted by Crippen LogP contribution is -2.45. The van der Waals surface area contributed by atoms with Crippen molar-refractivity contribution in [1.82, 2.24) is 10.2 Å². The Hall–Kier alpha value is -0.650. The van der Waals surface area contributed by atoms with Gasteiger partial charge in [0.1, 0.15) is 6.04 Å². The topological polar surface area (TPSA) is 50.8 Å². The van der Waals surface area contributed by atoms with E-state index in [1.165, 1.54) is 0 Å². The van der Waals surface area contributed by atoms with Crippen molar-refractivity contribution >= 4 is 5.97 Å². The zero-order valence-electron chi connectivity index (χ0n) is 11.1. The maximum absolute atomic E-state index is 11.6. The van der Waals surface area contributed by atoms with Crippen molar-refractivity contribution in [3.8, 4) is 0 Å². The first-order valence-corrected chi connectivity index (χ1v) is 6.26. The highest BCUT2D eigenvalue weighted by Gasteiger charge is 2.27. The lowest BCUT2D eigenvalue weighted by Gasteiger charge is -2.22. The Morgan fingerprint density at radius 2 is 2.35 bits per heavy atom.